The van der Waals surface area contributed by atoms with Crippen molar-refractivity contribution >= 4 is 23.0 Å². The SMILES string of the molecule is CN(C)c1ccc(Nc2ccc(C(=O)O)nc2)cc1. The van der Waals surface area contributed by atoms with Gasteiger partial charge in [-0.1, -0.05) is 0 Å². The number of hydrogen-bond acceptors (Lipinski definition) is 4. The maximum atomic E-state index is 10.7. The van der Waals surface area contributed by atoms with Crippen molar-refractivity contribution in [2.45, 2.75) is 0 Å². The van der Waals surface area contributed by atoms with Crippen LogP contribution in [0.5, 0.6) is 0 Å². The molecule has 0 saturated carbocycles. The molecule has 0 atom stereocenters. The number of aromatic carboxylic acids is 1. The zero-order valence-electron chi connectivity index (χ0n) is 10.8. The molecule has 0 fully saturated rings. The summed E-state index contributed by atoms with van der Waals surface area (Å²) in [6, 6.07) is 11.1. The van der Waals surface area contributed by atoms with Crippen molar-refractivity contribution in [3.63, 3.8) is 0 Å². The van der Waals surface area contributed by atoms with Crippen molar-refractivity contribution in [1.29, 1.82) is 0 Å². The van der Waals surface area contributed by atoms with Crippen LogP contribution in [0.15, 0.2) is 42.6 Å². The van der Waals surface area contributed by atoms with Crippen LogP contribution >= 0.6 is 0 Å². The molecule has 5 nitrogen and oxygen atoms in total. The van der Waals surface area contributed by atoms with Gasteiger partial charge < -0.3 is 15.3 Å². The lowest BCUT2D eigenvalue weighted by Crippen LogP contribution is -2.08. The van der Waals surface area contributed by atoms with Crippen molar-refractivity contribution < 1.29 is 9.90 Å². The number of nitrogens with one attached hydrogen (secondary N) is 1. The summed E-state index contributed by atoms with van der Waals surface area (Å²) in [7, 11) is 3.97. The summed E-state index contributed by atoms with van der Waals surface area (Å²) in [5, 5.41) is 11.9. The van der Waals surface area contributed by atoms with E-state index < -0.39 is 5.97 Å². The lowest BCUT2D eigenvalue weighted by Gasteiger charge is -2.13. The van der Waals surface area contributed by atoms with E-state index in [1.165, 1.54) is 12.3 Å². The highest BCUT2D eigenvalue weighted by Gasteiger charge is 2.03. The third-order valence-electron chi connectivity index (χ3n) is 2.65. The quantitative estimate of drug-likeness (QED) is 0.881. The van der Waals surface area contributed by atoms with Crippen LogP contribution in [0.2, 0.25) is 0 Å². The van der Waals surface area contributed by atoms with E-state index >= 15 is 0 Å². The summed E-state index contributed by atoms with van der Waals surface area (Å²) in [5.74, 6) is -1.03. The van der Waals surface area contributed by atoms with Crippen LogP contribution in [0.1, 0.15) is 10.5 Å². The van der Waals surface area contributed by atoms with Gasteiger partial charge in [0.1, 0.15) is 5.69 Å². The Morgan fingerprint density at radius 1 is 1.11 bits per heavy atom. The highest BCUT2D eigenvalue weighted by molar-refractivity contribution is 5.85. The standard InChI is InChI=1S/C14H15N3O2/c1-17(2)12-6-3-10(4-7-12)16-11-5-8-13(14(18)19)15-9-11/h3-9,16H,1-2H3,(H,18,19). The minimum absolute atomic E-state index is 0.0357. The summed E-state index contributed by atoms with van der Waals surface area (Å²) in [6.45, 7) is 0. The molecule has 0 amide bonds. The normalized spacial score (nSPS) is 10.0. The van der Waals surface area contributed by atoms with Gasteiger partial charge in [0, 0.05) is 25.5 Å². The molecule has 2 N–H and O–H groups in total. The molecule has 0 saturated heterocycles. The number of benzene rings is 1. The first kappa shape index (κ1) is 12.9. The summed E-state index contributed by atoms with van der Waals surface area (Å²) in [4.78, 5) is 16.6. The first-order chi connectivity index (χ1) is 9.06. The molecule has 0 bridgehead atoms. The first-order valence-corrected chi connectivity index (χ1v) is 5.80. The maximum absolute atomic E-state index is 10.7. The van der Waals surface area contributed by atoms with Crippen LogP contribution in [0.3, 0.4) is 0 Å². The average Bonchev–Trinajstić information content (AvgIpc) is 2.40. The van der Waals surface area contributed by atoms with Gasteiger partial charge in [-0.15, -0.1) is 0 Å². The van der Waals surface area contributed by atoms with Crippen molar-refractivity contribution in [3.8, 4) is 0 Å². The van der Waals surface area contributed by atoms with Gasteiger partial charge in [0.15, 0.2) is 0 Å². The topological polar surface area (TPSA) is 65.5 Å². The van der Waals surface area contributed by atoms with E-state index in [0.29, 0.717) is 0 Å². The Bertz CT molecular complexity index is 562. The number of nitrogens with zero attached hydrogens (tertiary/aromatic N) is 2. The third-order valence-corrected chi connectivity index (χ3v) is 2.65. The molecule has 98 valence electrons. The van der Waals surface area contributed by atoms with E-state index in [4.69, 9.17) is 5.11 Å². The van der Waals surface area contributed by atoms with Gasteiger partial charge in [-0.05, 0) is 36.4 Å². The predicted molar refractivity (Wildman–Crippen MR) is 75.2 cm³/mol. The molecule has 2 aromatic rings. The Hall–Kier alpha value is -2.56. The second-order valence-corrected chi connectivity index (χ2v) is 4.30. The molecule has 0 unspecified atom stereocenters. The van der Waals surface area contributed by atoms with Crippen LogP contribution < -0.4 is 10.2 Å². The number of carboxylic acids is 1. The van der Waals surface area contributed by atoms with E-state index in [1.54, 1.807) is 6.07 Å². The Balaban J connectivity index is 2.10. The van der Waals surface area contributed by atoms with Crippen molar-refractivity contribution in [2.75, 3.05) is 24.3 Å². The number of aromatic nitrogens is 1. The van der Waals surface area contributed by atoms with Gasteiger partial charge in [0.25, 0.3) is 0 Å². The van der Waals surface area contributed by atoms with Gasteiger partial charge in [-0.25, -0.2) is 9.78 Å². The molecule has 0 radical (unpaired) electrons. The van der Waals surface area contributed by atoms with Gasteiger partial charge >= 0.3 is 5.97 Å². The molecule has 19 heavy (non-hydrogen) atoms. The number of hydrogen-bond donors (Lipinski definition) is 2. The van der Waals surface area contributed by atoms with Crippen molar-refractivity contribution in [3.05, 3.63) is 48.3 Å². The molecular formula is C14H15N3O2. The smallest absolute Gasteiger partial charge is 0.354 e. The lowest BCUT2D eigenvalue weighted by molar-refractivity contribution is 0.0690. The Morgan fingerprint density at radius 2 is 1.74 bits per heavy atom. The highest BCUT2D eigenvalue weighted by atomic mass is 16.4. The third kappa shape index (κ3) is 3.22. The molecule has 0 aliphatic carbocycles. The van der Waals surface area contributed by atoms with Crippen molar-refractivity contribution in [2.24, 2.45) is 0 Å². The molecule has 0 aliphatic rings. The van der Waals surface area contributed by atoms with Crippen LogP contribution in [0.25, 0.3) is 0 Å². The Labute approximate surface area is 111 Å². The zero-order valence-corrected chi connectivity index (χ0v) is 10.8. The van der Waals surface area contributed by atoms with E-state index in [9.17, 15) is 4.79 Å². The summed E-state index contributed by atoms with van der Waals surface area (Å²) >= 11 is 0. The summed E-state index contributed by atoms with van der Waals surface area (Å²) in [6.07, 6.45) is 1.50. The minimum atomic E-state index is -1.03. The first-order valence-electron chi connectivity index (χ1n) is 5.80. The van der Waals surface area contributed by atoms with Crippen LogP contribution in [0.4, 0.5) is 17.1 Å². The molecule has 0 spiro atoms. The van der Waals surface area contributed by atoms with Crippen molar-refractivity contribution in [1.82, 2.24) is 4.98 Å². The fourth-order valence-corrected chi connectivity index (χ4v) is 1.60. The van der Waals surface area contributed by atoms with Gasteiger partial charge in [-0.2, -0.15) is 0 Å². The Morgan fingerprint density at radius 3 is 2.21 bits per heavy atom. The van der Waals surface area contributed by atoms with Gasteiger partial charge in [0.05, 0.1) is 11.9 Å². The van der Waals surface area contributed by atoms with Crippen LogP contribution in [-0.4, -0.2) is 30.2 Å². The number of anilines is 3. The number of rotatable bonds is 4. The maximum Gasteiger partial charge on any atom is 0.354 e. The van der Waals surface area contributed by atoms with Crippen LogP contribution in [-0.2, 0) is 0 Å². The van der Waals surface area contributed by atoms with E-state index in [0.717, 1.165) is 17.1 Å². The van der Waals surface area contributed by atoms with Crippen LogP contribution in [0, 0.1) is 0 Å². The predicted octanol–water partition coefficient (Wildman–Crippen LogP) is 2.59. The molecule has 0 aliphatic heterocycles. The van der Waals surface area contributed by atoms with E-state index in [1.807, 2.05) is 43.3 Å². The molecule has 1 aromatic carbocycles. The molecule has 1 heterocycles. The number of carbonyl (C=O) groups is 1. The fourth-order valence-electron chi connectivity index (χ4n) is 1.60. The Kier molecular flexibility index (Phi) is 3.66. The highest BCUT2D eigenvalue weighted by Crippen LogP contribution is 2.19. The largest absolute Gasteiger partial charge is 0.477 e. The van der Waals surface area contributed by atoms with Gasteiger partial charge in [-0.3, -0.25) is 0 Å². The monoisotopic (exact) mass is 257 g/mol. The molecular weight excluding hydrogens is 242 g/mol. The summed E-state index contributed by atoms with van der Waals surface area (Å²) in [5.41, 5.74) is 2.83. The number of carboxylic acid groups (broad SMARTS) is 1. The minimum Gasteiger partial charge on any atom is -0.477 e. The number of pyridine rings is 1. The second kappa shape index (κ2) is 5.39. The van der Waals surface area contributed by atoms with E-state index in [-0.39, 0.29) is 5.69 Å². The summed E-state index contributed by atoms with van der Waals surface area (Å²) < 4.78 is 0. The molecule has 2 rings (SSSR count). The molecule has 1 aromatic heterocycles. The second-order valence-electron chi connectivity index (χ2n) is 4.30. The zero-order chi connectivity index (χ0) is 13.8. The lowest BCUT2D eigenvalue weighted by atomic mass is 10.2. The average molecular weight is 257 g/mol. The fraction of sp³-hybridized carbons (Fsp3) is 0.143. The van der Waals surface area contributed by atoms with Gasteiger partial charge in [0.2, 0.25) is 0 Å². The van der Waals surface area contributed by atoms with E-state index in [2.05, 4.69) is 10.3 Å². The molecule has 5 heteroatoms.